The molecule has 0 radical (unpaired) electrons. The quantitative estimate of drug-likeness (QED) is 0.0227. The number of likely N-dealkylation sites (tertiary alicyclic amines) is 1. The second-order valence-electron chi connectivity index (χ2n) is 27.9. The number of benzene rings is 4. The average molecular weight is 1430 g/mol. The lowest BCUT2D eigenvalue weighted by Gasteiger charge is -2.41. The number of hydrogen-bond donors (Lipinski definition) is 6. The Hall–Kier alpha value is -8.98. The Kier molecular flexibility index (Phi) is 32.4. The molecule has 26 heteroatoms. The number of rotatable bonds is 40. The minimum atomic E-state index is -1.18. The Balaban J connectivity index is 1.08. The molecule has 1 aliphatic rings. The van der Waals surface area contributed by atoms with Gasteiger partial charge in [0.05, 0.1) is 73.7 Å². The van der Waals surface area contributed by atoms with Gasteiger partial charge in [0.25, 0.3) is 0 Å². The van der Waals surface area contributed by atoms with Crippen molar-refractivity contribution >= 4 is 69.8 Å². The van der Waals surface area contributed by atoms with Gasteiger partial charge in [-0.2, -0.15) is 0 Å². The van der Waals surface area contributed by atoms with Crippen molar-refractivity contribution in [1.29, 1.82) is 0 Å². The van der Waals surface area contributed by atoms with Gasteiger partial charge in [-0.1, -0.05) is 157 Å². The molecule has 103 heavy (non-hydrogen) atoms. The number of ketones is 2. The van der Waals surface area contributed by atoms with Crippen LogP contribution in [0.15, 0.2) is 103 Å². The minimum Gasteiger partial charge on any atom is -0.469 e. The summed E-state index contributed by atoms with van der Waals surface area (Å²) in [6.45, 7) is 16.3. The highest BCUT2D eigenvalue weighted by molar-refractivity contribution is 5.96. The maximum Gasteiger partial charge on any atom is 0.410 e. The molecule has 0 aliphatic carbocycles. The third-order valence-electron chi connectivity index (χ3n) is 19.7. The number of nitrogens with zero attached hydrogens (tertiary/aromatic N) is 6. The zero-order valence-corrected chi connectivity index (χ0v) is 62.3. The first kappa shape index (κ1) is 83.0. The number of nitrogens with two attached hydrogens (primary N) is 1. The van der Waals surface area contributed by atoms with E-state index in [9.17, 15) is 53.1 Å². The predicted octanol–water partition coefficient (Wildman–Crippen LogP) is 6.53. The molecule has 1 fully saturated rings. The highest BCUT2D eigenvalue weighted by Gasteiger charge is 2.44. The van der Waals surface area contributed by atoms with E-state index in [0.29, 0.717) is 48.2 Å². The number of aliphatic hydroxyl groups excluding tert-OH is 1. The summed E-state index contributed by atoms with van der Waals surface area (Å²) in [5, 5.41) is 32.1. The van der Waals surface area contributed by atoms with Crippen molar-refractivity contribution in [2.24, 2.45) is 35.3 Å². The van der Waals surface area contributed by atoms with E-state index >= 15 is 0 Å². The van der Waals surface area contributed by atoms with Crippen molar-refractivity contribution in [1.82, 2.24) is 51.0 Å². The fraction of sp³-hybridized carbons (Fsp3) is 0.558. The maximum absolute atomic E-state index is 14.9. The maximum atomic E-state index is 14.9. The minimum absolute atomic E-state index is 0.0371. The molecule has 1 aromatic heterocycles. The summed E-state index contributed by atoms with van der Waals surface area (Å²) in [4.78, 5) is 145. The van der Waals surface area contributed by atoms with Gasteiger partial charge in [-0.3, -0.25) is 48.1 Å². The van der Waals surface area contributed by atoms with Crippen LogP contribution in [0.5, 0.6) is 0 Å². The lowest BCUT2D eigenvalue weighted by Crippen LogP contribution is -2.60. The number of methoxy groups -OCH3 is 3. The number of hydrogen-bond acceptors (Lipinski definition) is 18. The molecular weight excluding hydrogens is 1320 g/mol. The summed E-state index contributed by atoms with van der Waals surface area (Å²) in [7, 11) is 7.32. The highest BCUT2D eigenvalue weighted by Crippen LogP contribution is 2.31. The normalized spacial score (nSPS) is 16.5. The van der Waals surface area contributed by atoms with Gasteiger partial charge in [0.15, 0.2) is 11.6 Å². The molecule has 5 aromatic rings. The zero-order chi connectivity index (χ0) is 75.8. The fourth-order valence-electron chi connectivity index (χ4n) is 13.7. The first-order valence-electron chi connectivity index (χ1n) is 35.7. The molecule has 0 unspecified atom stereocenters. The first-order chi connectivity index (χ1) is 49.0. The average Bonchev–Trinajstić information content (AvgIpc) is 1.77. The molecule has 562 valence electrons. The summed E-state index contributed by atoms with van der Waals surface area (Å²) in [5.74, 6) is -6.98. The van der Waals surface area contributed by atoms with E-state index in [-0.39, 0.29) is 88.2 Å². The smallest absolute Gasteiger partial charge is 0.410 e. The van der Waals surface area contributed by atoms with Gasteiger partial charge < -0.3 is 60.9 Å². The number of carbonyl (C=O) groups is 10. The Labute approximate surface area is 605 Å². The number of Topliss-reactive ketones (excluding diaryl/α,β-unsaturated/α-hetero) is 2. The molecule has 0 spiro atoms. The molecule has 7 amide bonds. The van der Waals surface area contributed by atoms with Crippen molar-refractivity contribution < 1.29 is 72.0 Å². The second kappa shape index (κ2) is 40.2. The monoisotopic (exact) mass is 1430 g/mol. The lowest BCUT2D eigenvalue weighted by molar-refractivity contribution is -0.148. The van der Waals surface area contributed by atoms with E-state index in [2.05, 4.69) is 31.6 Å². The van der Waals surface area contributed by atoms with Crippen LogP contribution in [-0.4, -0.2) is 197 Å². The number of likely N-dealkylation sites (N-methyl/N-ethyl adjacent to an activating group) is 2. The van der Waals surface area contributed by atoms with Gasteiger partial charge in [0.1, 0.15) is 25.2 Å². The molecule has 7 N–H and O–H groups in total. The number of amides is 7. The van der Waals surface area contributed by atoms with E-state index < -0.39 is 126 Å². The first-order valence-corrected chi connectivity index (χ1v) is 35.7. The van der Waals surface area contributed by atoms with Crippen molar-refractivity contribution in [2.45, 2.75) is 200 Å². The lowest BCUT2D eigenvalue weighted by atomic mass is 9.88. The van der Waals surface area contributed by atoms with Crippen molar-refractivity contribution in [3.8, 4) is 0 Å². The Morgan fingerprint density at radius 3 is 2.00 bits per heavy atom. The van der Waals surface area contributed by atoms with Crippen LogP contribution < -0.4 is 27.0 Å². The molecule has 26 nitrogen and oxygen atoms in total. The Morgan fingerprint density at radius 2 is 1.38 bits per heavy atom. The molecule has 13 atom stereocenters. The number of fused-ring (bicyclic) bond motifs is 1. The van der Waals surface area contributed by atoms with Gasteiger partial charge in [-0.25, -0.2) is 9.48 Å². The molecule has 2 heterocycles. The van der Waals surface area contributed by atoms with Crippen LogP contribution in [0, 0.1) is 36.5 Å². The SMILES string of the molecule is CC[C@H](C)[C@@H]([C@@H](CC(=O)N1CCC[C@H]1[C@H](OC)[C@@H](C)C(=O)N[C@H](C)[C@@H](O)c1ccccc1)OC)N(C)C(=O)[C@@H](NC(=O)[C@H](C(C)C)N(C)C(=O)OCc1ccc(CC(=O)[C@H](CCN)NC(=O)[C@@H](CC(=O)[C@H](CCC(=O)OC)NC(=O)Cn2cc(C)nn2)Cc2cccc3ccccc23)cc1)C(C)C. The molecular formula is C77H109N11O15. The highest BCUT2D eigenvalue weighted by atomic mass is 16.6. The number of nitrogens with one attached hydrogen (secondary N) is 4. The van der Waals surface area contributed by atoms with Crippen molar-refractivity contribution in [2.75, 3.05) is 48.5 Å². The molecule has 6 rings (SSSR count). The van der Waals surface area contributed by atoms with Crippen LogP contribution in [0.25, 0.3) is 10.8 Å². The molecule has 0 bridgehead atoms. The van der Waals surface area contributed by atoms with E-state index in [1.807, 2.05) is 74.5 Å². The van der Waals surface area contributed by atoms with Gasteiger partial charge in [0, 0.05) is 66.2 Å². The Morgan fingerprint density at radius 1 is 0.718 bits per heavy atom. The third-order valence-corrected chi connectivity index (χ3v) is 19.7. The van der Waals surface area contributed by atoms with Gasteiger partial charge in [-0.15, -0.1) is 5.10 Å². The number of ether oxygens (including phenoxy) is 4. The molecule has 1 saturated heterocycles. The van der Waals surface area contributed by atoms with Gasteiger partial charge in [-0.05, 0) is 103 Å². The zero-order valence-electron chi connectivity index (χ0n) is 62.3. The molecule has 1 aliphatic heterocycles. The van der Waals surface area contributed by atoms with E-state index in [0.717, 1.165) is 16.3 Å². The number of aliphatic hydroxyl groups is 1. The summed E-state index contributed by atoms with van der Waals surface area (Å²) in [6, 6.07) is 23.0. The third kappa shape index (κ3) is 23.3. The second-order valence-corrected chi connectivity index (χ2v) is 27.9. The predicted molar refractivity (Wildman–Crippen MR) is 388 cm³/mol. The summed E-state index contributed by atoms with van der Waals surface area (Å²) in [6.07, 6.45) is -0.477. The molecule has 0 saturated carbocycles. The van der Waals surface area contributed by atoms with Crippen molar-refractivity contribution in [3.63, 3.8) is 0 Å². The summed E-state index contributed by atoms with van der Waals surface area (Å²) >= 11 is 0. The van der Waals surface area contributed by atoms with Gasteiger partial charge >= 0.3 is 12.1 Å². The topological polar surface area (TPSA) is 342 Å². The van der Waals surface area contributed by atoms with E-state index in [1.165, 1.54) is 38.0 Å². The Bertz CT molecular complexity index is 3640. The summed E-state index contributed by atoms with van der Waals surface area (Å²) in [5.41, 5.74) is 9.21. The summed E-state index contributed by atoms with van der Waals surface area (Å²) < 4.78 is 24.0. The fourth-order valence-corrected chi connectivity index (χ4v) is 13.7. The van der Waals surface area contributed by atoms with Crippen LogP contribution in [0.1, 0.15) is 141 Å². The van der Waals surface area contributed by atoms with Crippen LogP contribution >= 0.6 is 0 Å². The van der Waals surface area contributed by atoms with Crippen LogP contribution in [0.2, 0.25) is 0 Å². The van der Waals surface area contributed by atoms with Crippen LogP contribution in [0.4, 0.5) is 4.79 Å². The van der Waals surface area contributed by atoms with Crippen LogP contribution in [-0.2, 0) is 88.1 Å². The number of esters is 1. The van der Waals surface area contributed by atoms with Gasteiger partial charge in [0.2, 0.25) is 35.4 Å². The molecule has 4 aromatic carbocycles. The van der Waals surface area contributed by atoms with E-state index in [1.54, 1.807) is 108 Å². The number of aromatic nitrogens is 3. The van der Waals surface area contributed by atoms with Crippen LogP contribution in [0.3, 0.4) is 0 Å². The van der Waals surface area contributed by atoms with Crippen molar-refractivity contribution in [3.05, 3.63) is 131 Å². The largest absolute Gasteiger partial charge is 0.469 e. The number of aryl methyl sites for hydroxylation is 1. The number of carbonyl (C=O) groups excluding carboxylic acids is 10. The van der Waals surface area contributed by atoms with E-state index in [4.69, 9.17) is 24.7 Å². The standard InChI is InChI=1S/C77H109N11O15/c1-15-48(6)70(64(100-12)42-66(92)88-38-22-29-61(88)72(102-14)50(8)73(95)79-51(9)71(94)55-24-17-16-18-25-55)85(10)76(98)68(46(2)3)82-75(97)69(47(4)5)86(11)77(99)103-45-53-32-30-52(31-33-53)39-62(89)60(36-37-78)81-74(96)57(40-56-27-21-26-54-23-19-20-28-58(54)56)41-63(90)59(34-35-67(93)101-13)80-65(91)44-87-43-49(7)83-84-87/h16-21,23-28,30-33,43,46-48,50-51,57,59-61,64,68-72,94H,15,22,29,34-42,44-45,78H2,1-14H3,(H,79,95)(H,80,91)(H,81,96)(H,82,97)/t48-,50+,51+,57+,59-,60-,61-,64+,68-,69-,70-,71+,72+/m0/s1.